The Morgan fingerprint density at radius 2 is 1.88 bits per heavy atom. The van der Waals surface area contributed by atoms with E-state index in [9.17, 15) is 13.9 Å². The lowest BCUT2D eigenvalue weighted by atomic mass is 10.1. The highest BCUT2D eigenvalue weighted by Crippen LogP contribution is 2.38. The fourth-order valence-corrected chi connectivity index (χ4v) is 2.36. The Morgan fingerprint density at radius 1 is 1.29 bits per heavy atom. The number of benzene rings is 1. The maximum absolute atomic E-state index is 13.0. The molecule has 1 aliphatic rings. The van der Waals surface area contributed by atoms with Crippen LogP contribution in [-0.4, -0.2) is 24.1 Å². The van der Waals surface area contributed by atoms with Gasteiger partial charge in [0.15, 0.2) is 0 Å². The molecule has 1 saturated heterocycles. The molecule has 94 valence electrons. The molecule has 1 aromatic carbocycles. The molecule has 0 radical (unpaired) electrons. The Hall–Kier alpha value is -1.04. The number of piperidine rings is 1. The molecule has 0 unspecified atom stereocenters. The summed E-state index contributed by atoms with van der Waals surface area (Å²) in [4.78, 5) is 1.78. The van der Waals surface area contributed by atoms with Crippen molar-refractivity contribution in [3.8, 4) is 5.75 Å². The maximum Gasteiger partial charge on any atom is 0.251 e. The van der Waals surface area contributed by atoms with E-state index in [1.54, 1.807) is 11.0 Å². The average molecular weight is 307 g/mol. The second kappa shape index (κ2) is 4.33. The minimum Gasteiger partial charge on any atom is -0.506 e. The lowest BCUT2D eigenvalue weighted by molar-refractivity contribution is -0.0220. The molecule has 3 N–H and O–H groups in total. The van der Waals surface area contributed by atoms with Gasteiger partial charge in [-0.15, -0.1) is 0 Å². The van der Waals surface area contributed by atoms with Crippen LogP contribution in [0.1, 0.15) is 12.8 Å². The number of nitrogens with two attached hydrogens (primary N) is 1. The zero-order chi connectivity index (χ0) is 12.6. The molecule has 1 aliphatic heterocycles. The van der Waals surface area contributed by atoms with Crippen molar-refractivity contribution in [2.75, 3.05) is 23.7 Å². The number of hydrogen-bond acceptors (Lipinski definition) is 3. The van der Waals surface area contributed by atoms with Crippen molar-refractivity contribution in [2.45, 2.75) is 18.8 Å². The van der Waals surface area contributed by atoms with Crippen LogP contribution in [0.2, 0.25) is 0 Å². The van der Waals surface area contributed by atoms with Gasteiger partial charge >= 0.3 is 0 Å². The van der Waals surface area contributed by atoms with E-state index < -0.39 is 5.92 Å². The van der Waals surface area contributed by atoms with Gasteiger partial charge in [-0.2, -0.15) is 0 Å². The first kappa shape index (κ1) is 12.4. The van der Waals surface area contributed by atoms with E-state index in [0.29, 0.717) is 10.2 Å². The SMILES string of the molecule is Nc1c(O)cc(Br)cc1N1CCC(F)(F)CC1. The molecular formula is C11H13BrF2N2O. The summed E-state index contributed by atoms with van der Waals surface area (Å²) < 4.78 is 26.7. The first-order valence-electron chi connectivity index (χ1n) is 5.30. The highest BCUT2D eigenvalue weighted by atomic mass is 79.9. The second-order valence-corrected chi connectivity index (χ2v) is 5.12. The van der Waals surface area contributed by atoms with Crippen LogP contribution < -0.4 is 10.6 Å². The van der Waals surface area contributed by atoms with Gasteiger partial charge in [0.25, 0.3) is 5.92 Å². The molecule has 0 aliphatic carbocycles. The number of alkyl halides is 2. The summed E-state index contributed by atoms with van der Waals surface area (Å²) in [7, 11) is 0. The number of rotatable bonds is 1. The van der Waals surface area contributed by atoms with Gasteiger partial charge in [0.1, 0.15) is 5.75 Å². The Morgan fingerprint density at radius 3 is 2.47 bits per heavy atom. The first-order valence-corrected chi connectivity index (χ1v) is 6.09. The third-order valence-electron chi connectivity index (χ3n) is 2.94. The largest absolute Gasteiger partial charge is 0.506 e. The molecule has 17 heavy (non-hydrogen) atoms. The third-order valence-corrected chi connectivity index (χ3v) is 3.39. The zero-order valence-electron chi connectivity index (χ0n) is 9.09. The lowest BCUT2D eigenvalue weighted by Gasteiger charge is -2.34. The molecule has 6 heteroatoms. The van der Waals surface area contributed by atoms with Crippen molar-refractivity contribution in [2.24, 2.45) is 0 Å². The Bertz CT molecular complexity index is 430. The minimum absolute atomic E-state index is 0.0355. The first-order chi connectivity index (χ1) is 7.89. The molecule has 1 fully saturated rings. The van der Waals surface area contributed by atoms with Crippen molar-refractivity contribution >= 4 is 27.3 Å². The molecule has 1 aromatic rings. The van der Waals surface area contributed by atoms with Crippen molar-refractivity contribution < 1.29 is 13.9 Å². The predicted molar refractivity (Wildman–Crippen MR) is 66.6 cm³/mol. The van der Waals surface area contributed by atoms with Gasteiger partial charge in [-0.1, -0.05) is 15.9 Å². The van der Waals surface area contributed by atoms with Gasteiger partial charge in [0.05, 0.1) is 11.4 Å². The summed E-state index contributed by atoms with van der Waals surface area (Å²) >= 11 is 3.25. The molecular weight excluding hydrogens is 294 g/mol. The van der Waals surface area contributed by atoms with Crippen LogP contribution in [0.25, 0.3) is 0 Å². The van der Waals surface area contributed by atoms with E-state index in [1.165, 1.54) is 6.07 Å². The quantitative estimate of drug-likeness (QED) is 0.619. The summed E-state index contributed by atoms with van der Waals surface area (Å²) in [6, 6.07) is 3.22. The van der Waals surface area contributed by atoms with Crippen molar-refractivity contribution in [3.63, 3.8) is 0 Å². The molecule has 2 rings (SSSR count). The topological polar surface area (TPSA) is 49.5 Å². The Kier molecular flexibility index (Phi) is 3.16. The lowest BCUT2D eigenvalue weighted by Crippen LogP contribution is -2.39. The van der Waals surface area contributed by atoms with Gasteiger partial charge in [-0.25, -0.2) is 8.78 Å². The number of nitrogen functional groups attached to an aromatic ring is 1. The highest BCUT2D eigenvalue weighted by Gasteiger charge is 2.34. The summed E-state index contributed by atoms with van der Waals surface area (Å²) in [6.45, 7) is 0.486. The number of phenols is 1. The molecule has 0 bridgehead atoms. The Balaban J connectivity index is 2.24. The van der Waals surface area contributed by atoms with E-state index in [2.05, 4.69) is 15.9 Å². The average Bonchev–Trinajstić information content (AvgIpc) is 2.24. The van der Waals surface area contributed by atoms with E-state index in [4.69, 9.17) is 5.73 Å². The van der Waals surface area contributed by atoms with Gasteiger partial charge in [-0.05, 0) is 12.1 Å². The standard InChI is InChI=1S/C11H13BrF2N2O/c12-7-5-8(10(15)9(17)6-7)16-3-1-11(13,14)2-4-16/h5-6,17H,1-4,15H2. The molecule has 1 heterocycles. The van der Waals surface area contributed by atoms with Crippen LogP contribution in [0.15, 0.2) is 16.6 Å². The van der Waals surface area contributed by atoms with E-state index >= 15 is 0 Å². The fourth-order valence-electron chi connectivity index (χ4n) is 1.93. The second-order valence-electron chi connectivity index (χ2n) is 4.20. The minimum atomic E-state index is -2.58. The van der Waals surface area contributed by atoms with Crippen LogP contribution >= 0.6 is 15.9 Å². The summed E-state index contributed by atoms with van der Waals surface area (Å²) in [5, 5.41) is 9.58. The van der Waals surface area contributed by atoms with E-state index in [1.807, 2.05) is 0 Å². The van der Waals surface area contributed by atoms with E-state index in [0.717, 1.165) is 0 Å². The number of anilines is 2. The third kappa shape index (κ3) is 2.62. The number of phenolic OH excluding ortho intramolecular Hbond substituents is 1. The van der Waals surface area contributed by atoms with Gasteiger partial charge < -0.3 is 15.7 Å². The van der Waals surface area contributed by atoms with Crippen molar-refractivity contribution in [3.05, 3.63) is 16.6 Å². The van der Waals surface area contributed by atoms with Crippen molar-refractivity contribution in [1.29, 1.82) is 0 Å². The van der Waals surface area contributed by atoms with Gasteiger partial charge in [-0.3, -0.25) is 0 Å². The molecule has 0 spiro atoms. The van der Waals surface area contributed by atoms with Crippen LogP contribution in [0, 0.1) is 0 Å². The fraction of sp³-hybridized carbons (Fsp3) is 0.455. The van der Waals surface area contributed by atoms with Crippen LogP contribution in [0.5, 0.6) is 5.75 Å². The summed E-state index contributed by atoms with van der Waals surface area (Å²) in [5.41, 5.74) is 6.59. The smallest absolute Gasteiger partial charge is 0.251 e. The Labute approximate surface area is 106 Å². The maximum atomic E-state index is 13.0. The van der Waals surface area contributed by atoms with Gasteiger partial charge in [0.2, 0.25) is 0 Å². The molecule has 0 atom stereocenters. The van der Waals surface area contributed by atoms with Gasteiger partial charge in [0, 0.05) is 30.4 Å². The monoisotopic (exact) mass is 306 g/mol. The number of hydrogen-bond donors (Lipinski definition) is 2. The van der Waals surface area contributed by atoms with E-state index in [-0.39, 0.29) is 37.4 Å². The van der Waals surface area contributed by atoms with Crippen LogP contribution in [-0.2, 0) is 0 Å². The molecule has 3 nitrogen and oxygen atoms in total. The molecule has 0 amide bonds. The normalized spacial score (nSPS) is 19.4. The number of halogens is 3. The van der Waals surface area contributed by atoms with Crippen molar-refractivity contribution in [1.82, 2.24) is 0 Å². The number of aromatic hydroxyl groups is 1. The summed E-state index contributed by atoms with van der Waals surface area (Å²) in [6.07, 6.45) is -0.362. The van der Waals surface area contributed by atoms with Crippen LogP contribution in [0.4, 0.5) is 20.2 Å². The molecule has 0 aromatic heterocycles. The molecule has 0 saturated carbocycles. The summed E-state index contributed by atoms with van der Waals surface area (Å²) in [5.74, 6) is -2.62. The highest BCUT2D eigenvalue weighted by molar-refractivity contribution is 9.10. The zero-order valence-corrected chi connectivity index (χ0v) is 10.7. The van der Waals surface area contributed by atoms with Crippen LogP contribution in [0.3, 0.4) is 0 Å². The number of nitrogens with zero attached hydrogens (tertiary/aromatic N) is 1. The predicted octanol–water partition coefficient (Wildman–Crippen LogP) is 2.97.